The van der Waals surface area contributed by atoms with Gasteiger partial charge in [0.2, 0.25) is 5.91 Å². The van der Waals surface area contributed by atoms with E-state index in [0.29, 0.717) is 26.2 Å². The number of thiophene rings is 1. The zero-order valence-electron chi connectivity index (χ0n) is 14.2. The third-order valence-electron chi connectivity index (χ3n) is 4.87. The van der Waals surface area contributed by atoms with Crippen molar-refractivity contribution in [3.63, 3.8) is 0 Å². The van der Waals surface area contributed by atoms with Crippen LogP contribution in [0.2, 0.25) is 0 Å². The van der Waals surface area contributed by atoms with Gasteiger partial charge in [-0.1, -0.05) is 0 Å². The van der Waals surface area contributed by atoms with Crippen LogP contribution >= 0.6 is 23.1 Å². The standard InChI is InChI=1S/C18H21N3O2S2/c1-13(22)19-7-9-20(10-8-19)17(23)16-14-4-11-24-12-15(14)25-18(16)21-5-2-3-6-21/h2-3,5-6H,4,7-12H2,1H3. The number of fused-ring (bicyclic) bond motifs is 1. The molecular formula is C18H21N3O2S2. The van der Waals surface area contributed by atoms with Gasteiger partial charge >= 0.3 is 0 Å². The first kappa shape index (κ1) is 16.7. The minimum absolute atomic E-state index is 0.0880. The number of carbonyl (C=O) groups excluding carboxylic acids is 2. The van der Waals surface area contributed by atoms with Gasteiger partial charge in [0.15, 0.2) is 0 Å². The SMILES string of the molecule is CC(=O)N1CCN(C(=O)c2c(-n3cccc3)sc3c2CCSC3)CC1. The molecule has 4 rings (SSSR count). The molecule has 0 atom stereocenters. The smallest absolute Gasteiger partial charge is 0.257 e. The lowest BCUT2D eigenvalue weighted by molar-refractivity contribution is -0.130. The highest BCUT2D eigenvalue weighted by Crippen LogP contribution is 2.39. The van der Waals surface area contributed by atoms with Crippen molar-refractivity contribution in [3.8, 4) is 5.00 Å². The molecule has 2 aromatic heterocycles. The highest BCUT2D eigenvalue weighted by atomic mass is 32.2. The van der Waals surface area contributed by atoms with Crippen molar-refractivity contribution in [2.75, 3.05) is 31.9 Å². The van der Waals surface area contributed by atoms with Crippen molar-refractivity contribution in [3.05, 3.63) is 40.5 Å². The first-order valence-electron chi connectivity index (χ1n) is 8.55. The monoisotopic (exact) mass is 375 g/mol. The van der Waals surface area contributed by atoms with Crippen LogP contribution in [0.1, 0.15) is 27.7 Å². The number of piperazine rings is 1. The Bertz CT molecular complexity index is 790. The average Bonchev–Trinajstić information content (AvgIpc) is 3.28. The third kappa shape index (κ3) is 3.11. The molecule has 0 N–H and O–H groups in total. The van der Waals surface area contributed by atoms with Crippen LogP contribution in [0.15, 0.2) is 24.5 Å². The summed E-state index contributed by atoms with van der Waals surface area (Å²) in [6.07, 6.45) is 4.98. The molecule has 2 aromatic rings. The van der Waals surface area contributed by atoms with E-state index in [0.717, 1.165) is 28.5 Å². The minimum atomic E-state index is 0.0880. The van der Waals surface area contributed by atoms with Crippen molar-refractivity contribution < 1.29 is 9.59 Å². The molecule has 132 valence electrons. The molecule has 7 heteroatoms. The van der Waals surface area contributed by atoms with Crippen molar-refractivity contribution in [1.82, 2.24) is 14.4 Å². The van der Waals surface area contributed by atoms with E-state index < -0.39 is 0 Å². The number of thioether (sulfide) groups is 1. The summed E-state index contributed by atoms with van der Waals surface area (Å²) < 4.78 is 2.06. The molecule has 5 nitrogen and oxygen atoms in total. The maximum absolute atomic E-state index is 13.3. The van der Waals surface area contributed by atoms with E-state index in [4.69, 9.17) is 0 Å². The van der Waals surface area contributed by atoms with E-state index >= 15 is 0 Å². The fourth-order valence-electron chi connectivity index (χ4n) is 3.47. The van der Waals surface area contributed by atoms with E-state index in [9.17, 15) is 9.59 Å². The van der Waals surface area contributed by atoms with Gasteiger partial charge in [-0.05, 0) is 29.9 Å². The fourth-order valence-corrected chi connectivity index (χ4v) is 5.91. The summed E-state index contributed by atoms with van der Waals surface area (Å²) in [5.41, 5.74) is 2.12. The molecule has 0 saturated carbocycles. The summed E-state index contributed by atoms with van der Waals surface area (Å²) in [6, 6.07) is 3.99. The second-order valence-corrected chi connectivity index (χ2v) is 8.56. The predicted molar refractivity (Wildman–Crippen MR) is 102 cm³/mol. The van der Waals surface area contributed by atoms with E-state index in [-0.39, 0.29) is 11.8 Å². The van der Waals surface area contributed by atoms with E-state index in [2.05, 4.69) is 4.57 Å². The van der Waals surface area contributed by atoms with Gasteiger partial charge in [-0.25, -0.2) is 0 Å². The molecule has 1 fully saturated rings. The molecule has 0 spiro atoms. The van der Waals surface area contributed by atoms with Gasteiger partial charge in [0, 0.05) is 56.1 Å². The molecule has 0 bridgehead atoms. The molecule has 25 heavy (non-hydrogen) atoms. The summed E-state index contributed by atoms with van der Waals surface area (Å²) in [5, 5.41) is 1.04. The highest BCUT2D eigenvalue weighted by Gasteiger charge is 2.31. The highest BCUT2D eigenvalue weighted by molar-refractivity contribution is 7.98. The Labute approximate surface area is 155 Å². The second kappa shape index (κ2) is 6.88. The summed E-state index contributed by atoms with van der Waals surface area (Å²) in [5.74, 6) is 2.29. The maximum Gasteiger partial charge on any atom is 0.257 e. The van der Waals surface area contributed by atoms with Crippen LogP contribution < -0.4 is 0 Å². The molecule has 2 aliphatic heterocycles. The lowest BCUT2D eigenvalue weighted by Gasteiger charge is -2.34. The predicted octanol–water partition coefficient (Wildman–Crippen LogP) is 2.63. The number of rotatable bonds is 2. The number of nitrogens with zero attached hydrogens (tertiary/aromatic N) is 3. The van der Waals surface area contributed by atoms with Crippen LogP contribution in [-0.2, 0) is 17.0 Å². The lowest BCUT2D eigenvalue weighted by atomic mass is 10.1. The Morgan fingerprint density at radius 3 is 2.40 bits per heavy atom. The second-order valence-electron chi connectivity index (χ2n) is 6.38. The Hall–Kier alpha value is -1.73. The largest absolute Gasteiger partial charge is 0.339 e. The number of hydrogen-bond acceptors (Lipinski definition) is 4. The van der Waals surface area contributed by atoms with Crippen molar-refractivity contribution in [2.24, 2.45) is 0 Å². The van der Waals surface area contributed by atoms with E-state index in [1.807, 2.05) is 46.1 Å². The van der Waals surface area contributed by atoms with Crippen molar-refractivity contribution in [1.29, 1.82) is 0 Å². The first-order chi connectivity index (χ1) is 12.1. The van der Waals surface area contributed by atoms with Crippen LogP contribution in [0, 0.1) is 0 Å². The third-order valence-corrected chi connectivity index (χ3v) is 7.28. The number of aromatic nitrogens is 1. The van der Waals surface area contributed by atoms with Crippen LogP contribution in [0.3, 0.4) is 0 Å². The molecule has 0 aliphatic carbocycles. The fraction of sp³-hybridized carbons (Fsp3) is 0.444. The van der Waals surface area contributed by atoms with Gasteiger partial charge in [0.05, 0.1) is 5.56 Å². The Morgan fingerprint density at radius 1 is 1.04 bits per heavy atom. The van der Waals surface area contributed by atoms with E-state index in [1.165, 1.54) is 10.4 Å². The summed E-state index contributed by atoms with van der Waals surface area (Å²) in [4.78, 5) is 29.9. The van der Waals surface area contributed by atoms with Gasteiger partial charge < -0.3 is 14.4 Å². The van der Waals surface area contributed by atoms with Gasteiger partial charge in [-0.15, -0.1) is 11.3 Å². The molecule has 0 radical (unpaired) electrons. The zero-order valence-corrected chi connectivity index (χ0v) is 15.9. The maximum atomic E-state index is 13.3. The van der Waals surface area contributed by atoms with Gasteiger partial charge in [0.25, 0.3) is 5.91 Å². The first-order valence-corrected chi connectivity index (χ1v) is 10.5. The van der Waals surface area contributed by atoms with Crippen LogP contribution in [-0.4, -0.2) is 58.1 Å². The minimum Gasteiger partial charge on any atom is -0.339 e. The van der Waals surface area contributed by atoms with Crippen molar-refractivity contribution >= 4 is 34.9 Å². The van der Waals surface area contributed by atoms with Gasteiger partial charge in [-0.3, -0.25) is 9.59 Å². The number of amides is 2. The quantitative estimate of drug-likeness (QED) is 0.811. The van der Waals surface area contributed by atoms with Crippen LogP contribution in [0.25, 0.3) is 5.00 Å². The molecule has 4 heterocycles. The van der Waals surface area contributed by atoms with Crippen LogP contribution in [0.4, 0.5) is 0 Å². The van der Waals surface area contributed by atoms with Crippen molar-refractivity contribution in [2.45, 2.75) is 19.1 Å². The summed E-state index contributed by atoms with van der Waals surface area (Å²) in [7, 11) is 0. The van der Waals surface area contributed by atoms with Crippen LogP contribution in [0.5, 0.6) is 0 Å². The zero-order chi connectivity index (χ0) is 17.4. The summed E-state index contributed by atoms with van der Waals surface area (Å²) in [6.45, 7) is 4.07. The molecule has 2 amide bonds. The molecular weight excluding hydrogens is 354 g/mol. The number of carbonyl (C=O) groups is 2. The molecule has 2 aliphatic rings. The normalized spacial score (nSPS) is 17.5. The Morgan fingerprint density at radius 2 is 1.72 bits per heavy atom. The average molecular weight is 376 g/mol. The molecule has 0 aromatic carbocycles. The summed E-state index contributed by atoms with van der Waals surface area (Å²) >= 11 is 3.69. The van der Waals surface area contributed by atoms with E-state index in [1.54, 1.807) is 18.3 Å². The van der Waals surface area contributed by atoms with Gasteiger partial charge in [-0.2, -0.15) is 11.8 Å². The molecule has 1 saturated heterocycles. The Kier molecular flexibility index (Phi) is 4.60. The topological polar surface area (TPSA) is 45.6 Å². The molecule has 0 unspecified atom stereocenters. The van der Waals surface area contributed by atoms with Gasteiger partial charge in [0.1, 0.15) is 5.00 Å². The number of hydrogen-bond donors (Lipinski definition) is 0. The lowest BCUT2D eigenvalue weighted by Crippen LogP contribution is -2.50. The Balaban J connectivity index is 1.66.